The second kappa shape index (κ2) is 7.93. The van der Waals surface area contributed by atoms with Crippen molar-refractivity contribution >= 4 is 5.91 Å². The Kier molecular flexibility index (Phi) is 5.94. The van der Waals surface area contributed by atoms with E-state index in [4.69, 9.17) is 5.73 Å². The van der Waals surface area contributed by atoms with E-state index >= 15 is 0 Å². The molecule has 3 nitrogen and oxygen atoms in total. The molecule has 0 aliphatic carbocycles. The summed E-state index contributed by atoms with van der Waals surface area (Å²) in [6.45, 7) is 6.05. The molecule has 122 valence electrons. The summed E-state index contributed by atoms with van der Waals surface area (Å²) in [5.41, 5.74) is 10.3. The normalized spacial score (nSPS) is 12.2. The molecule has 0 aliphatic rings. The van der Waals surface area contributed by atoms with Gasteiger partial charge in [-0.2, -0.15) is 0 Å². The smallest absolute Gasteiger partial charge is 0.220 e. The zero-order valence-electron chi connectivity index (χ0n) is 14.2. The predicted octanol–water partition coefficient (Wildman–Crippen LogP) is 3.64. The topological polar surface area (TPSA) is 55.1 Å². The molecule has 1 unspecified atom stereocenters. The molecular formula is C20H26N2O. The summed E-state index contributed by atoms with van der Waals surface area (Å²) in [5.74, 6) is 0.0373. The van der Waals surface area contributed by atoms with Gasteiger partial charge in [-0.15, -0.1) is 0 Å². The molecule has 0 aromatic heterocycles. The molecule has 3 N–H and O–H groups in total. The maximum Gasteiger partial charge on any atom is 0.220 e. The average molecular weight is 310 g/mol. The Balaban J connectivity index is 2.26. The minimum atomic E-state index is -0.129. The first-order chi connectivity index (χ1) is 11.0. The van der Waals surface area contributed by atoms with Gasteiger partial charge in [-0.25, -0.2) is 0 Å². The molecule has 2 aromatic rings. The van der Waals surface area contributed by atoms with E-state index in [2.05, 4.69) is 55.6 Å². The Bertz CT molecular complexity index is 619. The number of carbonyl (C=O) groups is 1. The van der Waals surface area contributed by atoms with E-state index in [0.29, 0.717) is 12.8 Å². The van der Waals surface area contributed by atoms with Gasteiger partial charge >= 0.3 is 0 Å². The monoisotopic (exact) mass is 310 g/mol. The Morgan fingerprint density at radius 2 is 1.57 bits per heavy atom. The fourth-order valence-corrected chi connectivity index (χ4v) is 2.65. The third kappa shape index (κ3) is 5.22. The van der Waals surface area contributed by atoms with Crippen LogP contribution in [0.2, 0.25) is 0 Å². The molecule has 0 bridgehead atoms. The van der Waals surface area contributed by atoms with E-state index in [-0.39, 0.29) is 18.0 Å². The quantitative estimate of drug-likeness (QED) is 0.856. The van der Waals surface area contributed by atoms with Crippen molar-refractivity contribution in [2.45, 2.75) is 45.7 Å². The number of carbonyl (C=O) groups excluding carboxylic acids is 1. The number of nitrogens with one attached hydrogen (secondary N) is 1. The van der Waals surface area contributed by atoms with Crippen LogP contribution in [0.25, 0.3) is 0 Å². The van der Waals surface area contributed by atoms with Crippen LogP contribution in [0.5, 0.6) is 0 Å². The maximum atomic E-state index is 12.3. The summed E-state index contributed by atoms with van der Waals surface area (Å²) < 4.78 is 0. The lowest BCUT2D eigenvalue weighted by atomic mass is 9.96. The van der Waals surface area contributed by atoms with Crippen LogP contribution in [0.1, 0.15) is 48.1 Å². The summed E-state index contributed by atoms with van der Waals surface area (Å²) in [7, 11) is 0. The maximum absolute atomic E-state index is 12.3. The van der Waals surface area contributed by atoms with Gasteiger partial charge in [0, 0.05) is 12.5 Å². The van der Waals surface area contributed by atoms with Gasteiger partial charge in [-0.3, -0.25) is 4.79 Å². The highest BCUT2D eigenvalue weighted by atomic mass is 16.1. The van der Waals surface area contributed by atoms with Crippen LogP contribution >= 0.6 is 0 Å². The van der Waals surface area contributed by atoms with Gasteiger partial charge < -0.3 is 11.1 Å². The zero-order valence-corrected chi connectivity index (χ0v) is 14.2. The fraction of sp³-hybridized carbons (Fsp3) is 0.350. The van der Waals surface area contributed by atoms with Gasteiger partial charge in [0.25, 0.3) is 0 Å². The van der Waals surface area contributed by atoms with E-state index in [9.17, 15) is 4.79 Å². The van der Waals surface area contributed by atoms with Crippen molar-refractivity contribution in [3.05, 3.63) is 70.8 Å². The van der Waals surface area contributed by atoms with E-state index in [1.54, 1.807) is 0 Å². The highest BCUT2D eigenvalue weighted by molar-refractivity contribution is 5.77. The largest absolute Gasteiger partial charge is 0.345 e. The Hall–Kier alpha value is -2.13. The van der Waals surface area contributed by atoms with Gasteiger partial charge in [-0.05, 0) is 38.3 Å². The molecule has 0 aliphatic heterocycles. The number of hydrogen-bond donors (Lipinski definition) is 2. The van der Waals surface area contributed by atoms with E-state index < -0.39 is 0 Å². The van der Waals surface area contributed by atoms with E-state index in [1.165, 1.54) is 11.1 Å². The number of aryl methyl sites for hydroxylation is 2. The number of rotatable bonds is 6. The van der Waals surface area contributed by atoms with Crippen molar-refractivity contribution in [1.29, 1.82) is 0 Å². The lowest BCUT2D eigenvalue weighted by Gasteiger charge is -2.21. The van der Waals surface area contributed by atoms with Crippen molar-refractivity contribution < 1.29 is 4.79 Å². The standard InChI is InChI=1S/C20H26N2O/c1-14-6-4-8-17(12-14)20(18-9-5-7-15(2)13-18)22-19(23)11-10-16(3)21/h4-9,12-13,16,20H,10-11,21H2,1-3H3,(H,22,23). The lowest BCUT2D eigenvalue weighted by molar-refractivity contribution is -0.121. The summed E-state index contributed by atoms with van der Waals surface area (Å²) in [4.78, 5) is 12.3. The van der Waals surface area contributed by atoms with Gasteiger partial charge in [0.1, 0.15) is 0 Å². The summed E-state index contributed by atoms with van der Waals surface area (Å²) in [6, 6.07) is 16.5. The summed E-state index contributed by atoms with van der Waals surface area (Å²) >= 11 is 0. The van der Waals surface area contributed by atoms with Crippen molar-refractivity contribution in [3.63, 3.8) is 0 Å². The van der Waals surface area contributed by atoms with Crippen molar-refractivity contribution in [1.82, 2.24) is 5.32 Å². The van der Waals surface area contributed by atoms with Crippen molar-refractivity contribution in [3.8, 4) is 0 Å². The van der Waals surface area contributed by atoms with Gasteiger partial charge in [0.15, 0.2) is 0 Å². The summed E-state index contributed by atoms with van der Waals surface area (Å²) in [5, 5.41) is 3.16. The first-order valence-electron chi connectivity index (χ1n) is 8.14. The molecule has 2 rings (SSSR count). The molecule has 1 amide bonds. The van der Waals surface area contributed by atoms with E-state index in [1.807, 2.05) is 19.1 Å². The molecular weight excluding hydrogens is 284 g/mol. The average Bonchev–Trinajstić information content (AvgIpc) is 2.50. The van der Waals surface area contributed by atoms with Gasteiger partial charge in [0.2, 0.25) is 5.91 Å². The van der Waals surface area contributed by atoms with E-state index in [0.717, 1.165) is 11.1 Å². The van der Waals surface area contributed by atoms with Crippen molar-refractivity contribution in [2.75, 3.05) is 0 Å². The van der Waals surface area contributed by atoms with Crippen LogP contribution in [-0.2, 0) is 4.79 Å². The predicted molar refractivity (Wildman–Crippen MR) is 95.2 cm³/mol. The highest BCUT2D eigenvalue weighted by Gasteiger charge is 2.17. The van der Waals surface area contributed by atoms with Gasteiger partial charge in [0.05, 0.1) is 6.04 Å². The second-order valence-corrected chi connectivity index (χ2v) is 6.34. The third-order valence-electron chi connectivity index (χ3n) is 3.88. The molecule has 2 aromatic carbocycles. The molecule has 0 spiro atoms. The highest BCUT2D eigenvalue weighted by Crippen LogP contribution is 2.24. The number of benzene rings is 2. The molecule has 0 saturated carbocycles. The molecule has 3 heteroatoms. The van der Waals surface area contributed by atoms with Crippen LogP contribution in [0.3, 0.4) is 0 Å². The number of amides is 1. The Labute approximate surface area is 138 Å². The Morgan fingerprint density at radius 1 is 1.04 bits per heavy atom. The molecule has 0 heterocycles. The molecule has 0 saturated heterocycles. The minimum absolute atomic E-state index is 0.0373. The first-order valence-corrected chi connectivity index (χ1v) is 8.14. The van der Waals surface area contributed by atoms with Crippen LogP contribution in [0, 0.1) is 13.8 Å². The number of nitrogens with two attached hydrogens (primary N) is 1. The van der Waals surface area contributed by atoms with Crippen molar-refractivity contribution in [2.24, 2.45) is 5.73 Å². The third-order valence-corrected chi connectivity index (χ3v) is 3.88. The Morgan fingerprint density at radius 3 is 2.00 bits per heavy atom. The van der Waals surface area contributed by atoms with Crippen LogP contribution in [-0.4, -0.2) is 11.9 Å². The molecule has 0 fully saturated rings. The number of hydrogen-bond acceptors (Lipinski definition) is 2. The van der Waals surface area contributed by atoms with Crippen LogP contribution in [0.15, 0.2) is 48.5 Å². The minimum Gasteiger partial charge on any atom is -0.345 e. The van der Waals surface area contributed by atoms with Crippen LogP contribution in [0.4, 0.5) is 0 Å². The van der Waals surface area contributed by atoms with Crippen LogP contribution < -0.4 is 11.1 Å². The molecule has 0 radical (unpaired) electrons. The second-order valence-electron chi connectivity index (χ2n) is 6.34. The summed E-state index contributed by atoms with van der Waals surface area (Å²) in [6.07, 6.45) is 1.14. The zero-order chi connectivity index (χ0) is 16.8. The molecule has 1 atom stereocenters. The first kappa shape index (κ1) is 17.2. The SMILES string of the molecule is Cc1cccc(C(NC(=O)CCC(C)N)c2cccc(C)c2)c1. The van der Waals surface area contributed by atoms with Gasteiger partial charge in [-0.1, -0.05) is 59.7 Å². The lowest BCUT2D eigenvalue weighted by Crippen LogP contribution is -2.30. The fourth-order valence-electron chi connectivity index (χ4n) is 2.65. The molecule has 23 heavy (non-hydrogen) atoms.